The van der Waals surface area contributed by atoms with Gasteiger partial charge >= 0.3 is 0 Å². The molecule has 0 amide bonds. The number of aryl methyl sites for hydroxylation is 2. The molecule has 3 N–H and O–H groups in total. The first-order valence-electron chi connectivity index (χ1n) is 6.48. The van der Waals surface area contributed by atoms with Gasteiger partial charge in [-0.2, -0.15) is 20.1 Å². The Bertz CT molecular complexity index is 765. The molecule has 0 fully saturated rings. The topological polar surface area (TPSA) is 94.5 Å². The van der Waals surface area contributed by atoms with Crippen LogP contribution in [0, 0.1) is 13.8 Å². The summed E-state index contributed by atoms with van der Waals surface area (Å²) in [6.07, 6.45) is 3.40. The van der Waals surface area contributed by atoms with Crippen molar-refractivity contribution in [1.29, 1.82) is 0 Å². The maximum atomic E-state index is 5.74. The fraction of sp³-hybridized carbons (Fsp3) is 0.143. The van der Waals surface area contributed by atoms with Gasteiger partial charge in [-0.05, 0) is 31.5 Å². The van der Waals surface area contributed by atoms with E-state index in [2.05, 4.69) is 31.4 Å². The van der Waals surface area contributed by atoms with E-state index in [4.69, 9.17) is 5.73 Å². The summed E-state index contributed by atoms with van der Waals surface area (Å²) < 4.78 is 1.53. The van der Waals surface area contributed by atoms with E-state index >= 15 is 0 Å². The molecule has 2 heterocycles. The fourth-order valence-electron chi connectivity index (χ4n) is 2.00. The van der Waals surface area contributed by atoms with Crippen molar-refractivity contribution in [3.05, 3.63) is 47.8 Å². The second kappa shape index (κ2) is 5.20. The van der Waals surface area contributed by atoms with Gasteiger partial charge < -0.3 is 11.1 Å². The Morgan fingerprint density at radius 3 is 2.71 bits per heavy atom. The molecule has 2 aromatic heterocycles. The van der Waals surface area contributed by atoms with Crippen LogP contribution in [0.15, 0.2) is 36.7 Å². The molecule has 3 rings (SSSR count). The number of rotatable bonds is 3. The van der Waals surface area contributed by atoms with Crippen molar-refractivity contribution in [1.82, 2.24) is 24.7 Å². The zero-order valence-corrected chi connectivity index (χ0v) is 11.8. The summed E-state index contributed by atoms with van der Waals surface area (Å²) in [5.74, 6) is 0.905. The molecule has 0 saturated carbocycles. The number of aromatic nitrogens is 5. The van der Waals surface area contributed by atoms with E-state index in [0.717, 1.165) is 11.3 Å². The second-order valence-corrected chi connectivity index (χ2v) is 4.71. The van der Waals surface area contributed by atoms with Crippen molar-refractivity contribution in [3.63, 3.8) is 0 Å². The quantitative estimate of drug-likeness (QED) is 0.762. The minimum atomic E-state index is 0.141. The van der Waals surface area contributed by atoms with Crippen molar-refractivity contribution < 1.29 is 0 Å². The molecule has 7 heteroatoms. The molecular weight excluding hydrogens is 266 g/mol. The maximum absolute atomic E-state index is 5.74. The van der Waals surface area contributed by atoms with E-state index < -0.39 is 0 Å². The molecule has 1 aromatic carbocycles. The highest BCUT2D eigenvalue weighted by atomic mass is 15.4. The Hall–Kier alpha value is -2.96. The maximum Gasteiger partial charge on any atom is 0.257 e. The smallest absolute Gasteiger partial charge is 0.257 e. The lowest BCUT2D eigenvalue weighted by Gasteiger charge is -2.10. The summed E-state index contributed by atoms with van der Waals surface area (Å²) in [5.41, 5.74) is 8.97. The Kier molecular flexibility index (Phi) is 3.23. The van der Waals surface area contributed by atoms with Gasteiger partial charge in [0.15, 0.2) is 0 Å². The van der Waals surface area contributed by atoms with Gasteiger partial charge in [0.25, 0.3) is 5.95 Å². The third-order valence-corrected chi connectivity index (χ3v) is 2.98. The van der Waals surface area contributed by atoms with Crippen LogP contribution in [0.2, 0.25) is 0 Å². The SMILES string of the molecule is Cc1ccc(Nc2nc(N)nc(-n3cccn3)n2)c(C)c1. The molecule has 0 spiro atoms. The number of nitrogens with zero attached hydrogens (tertiary/aromatic N) is 5. The van der Waals surface area contributed by atoms with Crippen LogP contribution in [0.1, 0.15) is 11.1 Å². The molecule has 0 radical (unpaired) electrons. The number of hydrogen-bond donors (Lipinski definition) is 2. The third-order valence-electron chi connectivity index (χ3n) is 2.98. The summed E-state index contributed by atoms with van der Waals surface area (Å²) in [4.78, 5) is 12.5. The van der Waals surface area contributed by atoms with Crippen LogP contribution in [0.25, 0.3) is 5.95 Å². The zero-order chi connectivity index (χ0) is 14.8. The van der Waals surface area contributed by atoms with Gasteiger partial charge in [-0.3, -0.25) is 0 Å². The number of benzene rings is 1. The molecule has 0 saturated heterocycles. The van der Waals surface area contributed by atoms with E-state index in [1.807, 2.05) is 26.0 Å². The summed E-state index contributed by atoms with van der Waals surface area (Å²) in [6, 6.07) is 7.88. The molecule has 0 aliphatic heterocycles. The van der Waals surface area contributed by atoms with Gasteiger partial charge in [-0.1, -0.05) is 17.7 Å². The predicted octanol–water partition coefficient (Wildman–Crippen LogP) is 2.00. The molecule has 0 aliphatic rings. The lowest BCUT2D eigenvalue weighted by atomic mass is 10.1. The lowest BCUT2D eigenvalue weighted by molar-refractivity contribution is 0.801. The van der Waals surface area contributed by atoms with Gasteiger partial charge in [0.1, 0.15) is 0 Å². The van der Waals surface area contributed by atoms with Crippen molar-refractivity contribution in [2.45, 2.75) is 13.8 Å². The Morgan fingerprint density at radius 1 is 1.14 bits per heavy atom. The Morgan fingerprint density at radius 2 is 2.00 bits per heavy atom. The van der Waals surface area contributed by atoms with Crippen LogP contribution >= 0.6 is 0 Å². The number of hydrogen-bond acceptors (Lipinski definition) is 6. The minimum Gasteiger partial charge on any atom is -0.368 e. The van der Waals surface area contributed by atoms with Crippen LogP contribution < -0.4 is 11.1 Å². The van der Waals surface area contributed by atoms with Crippen LogP contribution in [0.3, 0.4) is 0 Å². The first-order chi connectivity index (χ1) is 10.1. The number of anilines is 3. The van der Waals surface area contributed by atoms with E-state index in [-0.39, 0.29) is 5.95 Å². The van der Waals surface area contributed by atoms with Crippen LogP contribution in [0.4, 0.5) is 17.6 Å². The number of nitrogens with two attached hydrogens (primary N) is 1. The molecular formula is C14H15N7. The molecule has 106 valence electrons. The fourth-order valence-corrected chi connectivity index (χ4v) is 2.00. The summed E-state index contributed by atoms with van der Waals surface area (Å²) in [6.45, 7) is 4.07. The summed E-state index contributed by atoms with van der Waals surface area (Å²) in [7, 11) is 0. The van der Waals surface area contributed by atoms with Crippen molar-refractivity contribution in [2.75, 3.05) is 11.1 Å². The zero-order valence-electron chi connectivity index (χ0n) is 11.8. The molecule has 0 aliphatic carbocycles. The molecule has 3 aromatic rings. The van der Waals surface area contributed by atoms with E-state index in [1.54, 1.807) is 18.5 Å². The number of nitrogen functional groups attached to an aromatic ring is 1. The van der Waals surface area contributed by atoms with Gasteiger partial charge in [-0.25, -0.2) is 4.68 Å². The van der Waals surface area contributed by atoms with Crippen molar-refractivity contribution in [2.24, 2.45) is 0 Å². The normalized spacial score (nSPS) is 10.6. The molecule has 21 heavy (non-hydrogen) atoms. The first-order valence-corrected chi connectivity index (χ1v) is 6.48. The number of nitrogens with one attached hydrogen (secondary N) is 1. The first kappa shape index (κ1) is 13.0. The second-order valence-electron chi connectivity index (χ2n) is 4.71. The van der Waals surface area contributed by atoms with Crippen molar-refractivity contribution >= 4 is 17.6 Å². The van der Waals surface area contributed by atoms with Crippen LogP contribution in [-0.4, -0.2) is 24.7 Å². The summed E-state index contributed by atoms with van der Waals surface area (Å²) in [5, 5.41) is 7.24. The molecule has 7 nitrogen and oxygen atoms in total. The van der Waals surface area contributed by atoms with E-state index in [1.165, 1.54) is 10.2 Å². The largest absolute Gasteiger partial charge is 0.368 e. The monoisotopic (exact) mass is 281 g/mol. The average Bonchev–Trinajstić information content (AvgIpc) is 2.95. The highest BCUT2D eigenvalue weighted by Gasteiger charge is 2.08. The van der Waals surface area contributed by atoms with Crippen molar-refractivity contribution in [3.8, 4) is 5.95 Å². The van der Waals surface area contributed by atoms with Gasteiger partial charge in [0.05, 0.1) is 0 Å². The predicted molar refractivity (Wildman–Crippen MR) is 80.6 cm³/mol. The van der Waals surface area contributed by atoms with E-state index in [0.29, 0.717) is 11.9 Å². The van der Waals surface area contributed by atoms with Gasteiger partial charge in [0, 0.05) is 18.1 Å². The van der Waals surface area contributed by atoms with Crippen LogP contribution in [-0.2, 0) is 0 Å². The minimum absolute atomic E-state index is 0.141. The van der Waals surface area contributed by atoms with Gasteiger partial charge in [0.2, 0.25) is 11.9 Å². The average molecular weight is 281 g/mol. The molecule has 0 bridgehead atoms. The lowest BCUT2D eigenvalue weighted by Crippen LogP contribution is -2.09. The Labute approximate surface area is 121 Å². The Balaban J connectivity index is 1.95. The summed E-state index contributed by atoms with van der Waals surface area (Å²) >= 11 is 0. The van der Waals surface area contributed by atoms with E-state index in [9.17, 15) is 0 Å². The van der Waals surface area contributed by atoms with Crippen LogP contribution in [0.5, 0.6) is 0 Å². The highest BCUT2D eigenvalue weighted by Crippen LogP contribution is 2.20. The molecule has 0 unspecified atom stereocenters. The third kappa shape index (κ3) is 2.81. The standard InChI is InChI=1S/C14H15N7/c1-9-4-5-11(10(2)8-9)17-13-18-12(15)19-14(20-13)21-7-3-6-16-21/h3-8H,1-2H3,(H3,15,17,18,19,20). The highest BCUT2D eigenvalue weighted by molar-refractivity contribution is 5.59. The molecule has 0 atom stereocenters. The van der Waals surface area contributed by atoms with Gasteiger partial charge in [-0.15, -0.1) is 0 Å².